The van der Waals surface area contributed by atoms with E-state index in [1.54, 1.807) is 17.0 Å². The molecule has 186 valence electrons. The van der Waals surface area contributed by atoms with Crippen molar-refractivity contribution < 1.29 is 9.59 Å². The normalized spacial score (nSPS) is 14.7. The molecule has 7 nitrogen and oxygen atoms in total. The number of likely N-dealkylation sites (N-methyl/N-ethyl adjacent to an activating group) is 1. The Balaban J connectivity index is 1.72. The first-order valence-corrected chi connectivity index (χ1v) is 12.4. The molecule has 1 aliphatic carbocycles. The Morgan fingerprint density at radius 1 is 1.11 bits per heavy atom. The Kier molecular flexibility index (Phi) is 9.27. The summed E-state index contributed by atoms with van der Waals surface area (Å²) in [5, 5.41) is 15.6. The molecule has 35 heavy (non-hydrogen) atoms. The van der Waals surface area contributed by atoms with E-state index < -0.39 is 0 Å². The van der Waals surface area contributed by atoms with Gasteiger partial charge in [-0.1, -0.05) is 44.2 Å². The lowest BCUT2D eigenvalue weighted by molar-refractivity contribution is -0.130. The summed E-state index contributed by atoms with van der Waals surface area (Å²) in [4.78, 5) is 29.8. The van der Waals surface area contributed by atoms with E-state index in [2.05, 4.69) is 48.7 Å². The van der Waals surface area contributed by atoms with Crippen LogP contribution in [0.3, 0.4) is 0 Å². The fraction of sp³-hybridized carbons (Fsp3) is 0.464. The highest BCUT2D eigenvalue weighted by molar-refractivity contribution is 5.87. The summed E-state index contributed by atoms with van der Waals surface area (Å²) < 4.78 is 0. The smallest absolute Gasteiger partial charge is 0.242 e. The lowest BCUT2D eigenvalue weighted by Gasteiger charge is -2.34. The number of nitrogens with zero attached hydrogens (tertiary/aromatic N) is 3. The zero-order valence-electron chi connectivity index (χ0n) is 21.3. The Labute approximate surface area is 209 Å². The highest BCUT2D eigenvalue weighted by Gasteiger charge is 2.27. The van der Waals surface area contributed by atoms with Crippen LogP contribution >= 0.6 is 0 Å². The Morgan fingerprint density at radius 3 is 2.57 bits per heavy atom. The van der Waals surface area contributed by atoms with Crippen molar-refractivity contribution in [2.24, 2.45) is 0 Å². The maximum Gasteiger partial charge on any atom is 0.242 e. The van der Waals surface area contributed by atoms with Gasteiger partial charge in [0, 0.05) is 37.9 Å². The second-order valence-electron chi connectivity index (χ2n) is 9.60. The highest BCUT2D eigenvalue weighted by atomic mass is 16.2. The number of hydrogen-bond acceptors (Lipinski definition) is 5. The summed E-state index contributed by atoms with van der Waals surface area (Å²) in [5.74, 6) is -0.190. The quantitative estimate of drug-likeness (QED) is 0.516. The highest BCUT2D eigenvalue weighted by Crippen LogP contribution is 2.25. The summed E-state index contributed by atoms with van der Waals surface area (Å²) in [6, 6.07) is 16.4. The molecule has 0 heterocycles. The lowest BCUT2D eigenvalue weighted by atomic mass is 9.87. The van der Waals surface area contributed by atoms with Gasteiger partial charge in [-0.25, -0.2) is 0 Å². The van der Waals surface area contributed by atoms with E-state index in [1.165, 1.54) is 11.1 Å². The van der Waals surface area contributed by atoms with Crippen molar-refractivity contribution in [1.29, 1.82) is 5.26 Å². The number of anilines is 1. The molecular weight excluding hydrogens is 438 g/mol. The maximum absolute atomic E-state index is 13.4. The third kappa shape index (κ3) is 7.30. The molecule has 7 heteroatoms. The number of amides is 2. The third-order valence-corrected chi connectivity index (χ3v) is 6.60. The van der Waals surface area contributed by atoms with Crippen molar-refractivity contribution in [2.45, 2.75) is 52.1 Å². The molecule has 1 unspecified atom stereocenters. The molecule has 2 aromatic carbocycles. The third-order valence-electron chi connectivity index (χ3n) is 6.60. The van der Waals surface area contributed by atoms with Crippen LogP contribution in [-0.4, -0.2) is 62.0 Å². The van der Waals surface area contributed by atoms with Gasteiger partial charge in [0.25, 0.3) is 0 Å². The number of benzene rings is 2. The van der Waals surface area contributed by atoms with E-state index in [0.717, 1.165) is 30.5 Å². The second-order valence-corrected chi connectivity index (χ2v) is 9.60. The molecule has 2 aromatic rings. The summed E-state index contributed by atoms with van der Waals surface area (Å²) in [5.41, 5.74) is 4.81. The molecule has 0 aliphatic heterocycles. The van der Waals surface area contributed by atoms with E-state index in [1.807, 2.05) is 31.0 Å². The molecule has 0 bridgehead atoms. The number of rotatable bonds is 10. The van der Waals surface area contributed by atoms with Crippen LogP contribution < -0.4 is 15.5 Å². The van der Waals surface area contributed by atoms with Gasteiger partial charge in [0.15, 0.2) is 0 Å². The maximum atomic E-state index is 13.4. The summed E-state index contributed by atoms with van der Waals surface area (Å²) >= 11 is 0. The van der Waals surface area contributed by atoms with E-state index in [9.17, 15) is 14.9 Å². The summed E-state index contributed by atoms with van der Waals surface area (Å²) in [6.07, 6.45) is 2.72. The minimum atomic E-state index is -0.153. The zero-order chi connectivity index (χ0) is 25.4. The Hall–Kier alpha value is -3.37. The van der Waals surface area contributed by atoms with Crippen LogP contribution in [0.4, 0.5) is 5.69 Å². The number of nitriles is 1. The predicted molar refractivity (Wildman–Crippen MR) is 139 cm³/mol. The largest absolute Gasteiger partial charge is 0.353 e. The topological polar surface area (TPSA) is 88.5 Å². The first-order valence-electron chi connectivity index (χ1n) is 12.4. The molecular formula is C28H37N5O2. The van der Waals surface area contributed by atoms with Gasteiger partial charge in [-0.2, -0.15) is 5.26 Å². The molecule has 0 aromatic heterocycles. The van der Waals surface area contributed by atoms with E-state index in [-0.39, 0.29) is 30.9 Å². The van der Waals surface area contributed by atoms with Crippen molar-refractivity contribution in [3.8, 4) is 6.07 Å². The molecule has 0 spiro atoms. The number of nitrogens with one attached hydrogen (secondary N) is 2. The van der Waals surface area contributed by atoms with E-state index in [4.69, 9.17) is 0 Å². The number of carbonyl (C=O) groups excluding carboxylic acids is 2. The van der Waals surface area contributed by atoms with Gasteiger partial charge in [-0.3, -0.25) is 9.59 Å². The van der Waals surface area contributed by atoms with Crippen LogP contribution in [0, 0.1) is 18.3 Å². The van der Waals surface area contributed by atoms with Crippen LogP contribution in [0.15, 0.2) is 42.5 Å². The van der Waals surface area contributed by atoms with Crippen molar-refractivity contribution in [3.63, 3.8) is 0 Å². The molecule has 1 atom stereocenters. The Bertz CT molecular complexity index is 1080. The molecule has 2 amide bonds. The van der Waals surface area contributed by atoms with Gasteiger partial charge in [0.2, 0.25) is 11.8 Å². The molecule has 0 saturated carbocycles. The predicted octanol–water partition coefficient (Wildman–Crippen LogP) is 2.80. The SMILES string of the molecule is Cc1ccc(C#N)cc1N(CC(=O)NCCNC(C)C)CC(=O)N(C)C1CCc2ccccc2C1. The van der Waals surface area contributed by atoms with Crippen LogP contribution in [0.25, 0.3) is 0 Å². The van der Waals surface area contributed by atoms with Crippen molar-refractivity contribution >= 4 is 17.5 Å². The average molecular weight is 476 g/mol. The summed E-state index contributed by atoms with van der Waals surface area (Å²) in [7, 11) is 1.86. The van der Waals surface area contributed by atoms with Crippen LogP contribution in [-0.2, 0) is 22.4 Å². The van der Waals surface area contributed by atoms with Crippen molar-refractivity contribution in [1.82, 2.24) is 15.5 Å². The van der Waals surface area contributed by atoms with E-state index in [0.29, 0.717) is 24.7 Å². The Morgan fingerprint density at radius 2 is 1.86 bits per heavy atom. The van der Waals surface area contributed by atoms with Crippen LogP contribution in [0.2, 0.25) is 0 Å². The van der Waals surface area contributed by atoms with Crippen LogP contribution in [0.1, 0.15) is 42.5 Å². The zero-order valence-corrected chi connectivity index (χ0v) is 21.3. The monoisotopic (exact) mass is 475 g/mol. The summed E-state index contributed by atoms with van der Waals surface area (Å²) in [6.45, 7) is 7.35. The minimum Gasteiger partial charge on any atom is -0.353 e. The fourth-order valence-corrected chi connectivity index (χ4v) is 4.53. The molecule has 0 fully saturated rings. The van der Waals surface area contributed by atoms with Crippen molar-refractivity contribution in [3.05, 3.63) is 64.7 Å². The van der Waals surface area contributed by atoms with Gasteiger partial charge in [0.1, 0.15) is 0 Å². The standard InChI is InChI=1S/C28H37N5O2/c1-20(2)30-13-14-31-27(34)18-33(26-15-22(17-29)10-9-21(26)3)19-28(35)32(4)25-12-11-23-7-5-6-8-24(23)16-25/h5-10,15,20,25,30H,11-14,16,18-19H2,1-4H3,(H,31,34). The number of carbonyl (C=O) groups is 2. The molecule has 0 radical (unpaired) electrons. The van der Waals surface area contributed by atoms with Gasteiger partial charge in [0.05, 0.1) is 24.7 Å². The number of fused-ring (bicyclic) bond motifs is 1. The van der Waals surface area contributed by atoms with Gasteiger partial charge < -0.3 is 20.4 Å². The van der Waals surface area contributed by atoms with Gasteiger partial charge >= 0.3 is 0 Å². The molecule has 1 aliphatic rings. The molecule has 0 saturated heterocycles. The van der Waals surface area contributed by atoms with Gasteiger partial charge in [-0.05, 0) is 55.0 Å². The van der Waals surface area contributed by atoms with E-state index >= 15 is 0 Å². The lowest BCUT2D eigenvalue weighted by Crippen LogP contribution is -2.48. The number of aryl methyl sites for hydroxylation is 2. The van der Waals surface area contributed by atoms with Crippen molar-refractivity contribution in [2.75, 3.05) is 38.1 Å². The molecule has 2 N–H and O–H groups in total. The number of hydrogen-bond donors (Lipinski definition) is 2. The minimum absolute atomic E-state index is 0.0367. The second kappa shape index (κ2) is 12.4. The molecule has 3 rings (SSSR count). The average Bonchev–Trinajstić information content (AvgIpc) is 2.85. The first kappa shape index (κ1) is 26.2. The fourth-order valence-electron chi connectivity index (χ4n) is 4.53. The first-order chi connectivity index (χ1) is 16.8. The van der Waals surface area contributed by atoms with Crippen LogP contribution in [0.5, 0.6) is 0 Å². The van der Waals surface area contributed by atoms with Gasteiger partial charge in [-0.15, -0.1) is 0 Å².